The van der Waals surface area contributed by atoms with Crippen LogP contribution in [0.5, 0.6) is 0 Å². The van der Waals surface area contributed by atoms with Gasteiger partial charge in [0.15, 0.2) is 5.16 Å². The van der Waals surface area contributed by atoms with Crippen molar-refractivity contribution in [2.24, 2.45) is 7.05 Å². The molecule has 2 rings (SSSR count). The number of nitrogens with zero attached hydrogens (tertiary/aromatic N) is 4. The minimum absolute atomic E-state index is 0.288. The van der Waals surface area contributed by atoms with E-state index >= 15 is 0 Å². The molecule has 0 spiro atoms. The number of aromatic nitrogens is 3. The summed E-state index contributed by atoms with van der Waals surface area (Å²) in [5.74, 6) is 1.95. The molecule has 0 amide bonds. The van der Waals surface area contributed by atoms with Gasteiger partial charge in [-0.3, -0.25) is 4.57 Å². The first-order valence-corrected chi connectivity index (χ1v) is 7.77. The molecule has 0 aromatic carbocycles. The molecule has 1 saturated heterocycles. The van der Waals surface area contributed by atoms with Gasteiger partial charge in [-0.1, -0.05) is 18.2 Å². The van der Waals surface area contributed by atoms with E-state index in [9.17, 15) is 0 Å². The van der Waals surface area contributed by atoms with E-state index in [0.29, 0.717) is 0 Å². The summed E-state index contributed by atoms with van der Waals surface area (Å²) < 4.78 is 7.40. The molecule has 0 unspecified atom stereocenters. The molecule has 0 radical (unpaired) electrons. The van der Waals surface area contributed by atoms with Crippen molar-refractivity contribution in [1.29, 1.82) is 0 Å². The number of hydrogen-bond donors (Lipinski definition) is 1. The number of hydrogen-bond acceptors (Lipinski definition) is 6. The zero-order valence-corrected chi connectivity index (χ0v) is 12.2. The second-order valence-electron chi connectivity index (χ2n) is 4.57. The molecule has 19 heavy (non-hydrogen) atoms. The maximum absolute atomic E-state index is 8.73. The van der Waals surface area contributed by atoms with Crippen molar-refractivity contribution in [3.05, 3.63) is 0 Å². The quantitative estimate of drug-likeness (QED) is 0.594. The molecule has 0 bridgehead atoms. The number of rotatable bonds is 7. The summed E-state index contributed by atoms with van der Waals surface area (Å²) in [6.45, 7) is 3.57. The summed E-state index contributed by atoms with van der Waals surface area (Å²) in [6.07, 6.45) is 3.06. The molecule has 2 heterocycles. The fourth-order valence-electron chi connectivity index (χ4n) is 2.03. The van der Waals surface area contributed by atoms with Crippen LogP contribution in [0.1, 0.15) is 19.3 Å². The van der Waals surface area contributed by atoms with E-state index in [2.05, 4.69) is 19.7 Å². The summed E-state index contributed by atoms with van der Waals surface area (Å²) in [5, 5.41) is 18.2. The number of unbranched alkanes of at least 4 members (excludes halogenated alkanes) is 2. The highest BCUT2D eigenvalue weighted by Crippen LogP contribution is 2.22. The Hall–Kier alpha value is -0.790. The van der Waals surface area contributed by atoms with Gasteiger partial charge in [-0.05, 0) is 12.8 Å². The second-order valence-corrected chi connectivity index (χ2v) is 5.64. The fourth-order valence-corrected chi connectivity index (χ4v) is 2.93. The highest BCUT2D eigenvalue weighted by atomic mass is 32.2. The van der Waals surface area contributed by atoms with Crippen molar-refractivity contribution in [2.75, 3.05) is 43.6 Å². The van der Waals surface area contributed by atoms with E-state index in [-0.39, 0.29) is 6.61 Å². The van der Waals surface area contributed by atoms with Crippen LogP contribution in [0.4, 0.5) is 5.95 Å². The third-order valence-corrected chi connectivity index (χ3v) is 4.25. The SMILES string of the molecule is Cn1c(SCCCCCO)nnc1N1CCOCC1. The summed E-state index contributed by atoms with van der Waals surface area (Å²) in [5.41, 5.74) is 0. The molecule has 6 nitrogen and oxygen atoms in total. The first-order chi connectivity index (χ1) is 9.33. The van der Waals surface area contributed by atoms with Gasteiger partial charge >= 0.3 is 0 Å². The van der Waals surface area contributed by atoms with Crippen LogP contribution < -0.4 is 4.90 Å². The molecule has 1 aromatic rings. The Balaban J connectivity index is 1.83. The number of morpholine rings is 1. The lowest BCUT2D eigenvalue weighted by molar-refractivity contribution is 0.121. The van der Waals surface area contributed by atoms with Gasteiger partial charge in [-0.2, -0.15) is 0 Å². The lowest BCUT2D eigenvalue weighted by Gasteiger charge is -2.27. The molecular formula is C12H22N4O2S. The van der Waals surface area contributed by atoms with Gasteiger partial charge in [0, 0.05) is 32.5 Å². The third kappa shape index (κ3) is 4.09. The highest BCUT2D eigenvalue weighted by Gasteiger charge is 2.18. The number of anilines is 1. The Labute approximate surface area is 118 Å². The zero-order valence-electron chi connectivity index (χ0n) is 11.4. The third-order valence-electron chi connectivity index (χ3n) is 3.14. The lowest BCUT2D eigenvalue weighted by Crippen LogP contribution is -2.37. The van der Waals surface area contributed by atoms with Gasteiger partial charge in [-0.15, -0.1) is 10.2 Å². The maximum Gasteiger partial charge on any atom is 0.227 e. The monoisotopic (exact) mass is 286 g/mol. The van der Waals surface area contributed by atoms with Crippen molar-refractivity contribution in [3.63, 3.8) is 0 Å². The Kier molecular flexibility index (Phi) is 5.93. The first-order valence-electron chi connectivity index (χ1n) is 6.78. The Bertz CT molecular complexity index is 380. The molecule has 7 heteroatoms. The molecule has 108 valence electrons. The molecular weight excluding hydrogens is 264 g/mol. The van der Waals surface area contributed by atoms with Gasteiger partial charge in [0.1, 0.15) is 0 Å². The average molecular weight is 286 g/mol. The Morgan fingerprint density at radius 1 is 1.21 bits per heavy atom. The molecule has 0 saturated carbocycles. The standard InChI is InChI=1S/C12H22N4O2S/c1-15-11(16-5-8-18-9-6-16)13-14-12(15)19-10-4-2-3-7-17/h17H,2-10H2,1H3. The second kappa shape index (κ2) is 7.72. The molecule has 1 fully saturated rings. The van der Waals surface area contributed by atoms with E-state index < -0.39 is 0 Å². The van der Waals surface area contributed by atoms with Crippen molar-refractivity contribution in [1.82, 2.24) is 14.8 Å². The van der Waals surface area contributed by atoms with Crippen LogP contribution >= 0.6 is 11.8 Å². The molecule has 0 aliphatic carbocycles. The number of aliphatic hydroxyl groups excluding tert-OH is 1. The fraction of sp³-hybridized carbons (Fsp3) is 0.833. The van der Waals surface area contributed by atoms with Crippen LogP contribution in [-0.4, -0.2) is 58.5 Å². The predicted molar refractivity (Wildman–Crippen MR) is 75.7 cm³/mol. The summed E-state index contributed by atoms with van der Waals surface area (Å²) in [4.78, 5) is 2.21. The maximum atomic E-state index is 8.73. The van der Waals surface area contributed by atoms with Crippen LogP contribution in [0.15, 0.2) is 5.16 Å². The van der Waals surface area contributed by atoms with Crippen molar-refractivity contribution < 1.29 is 9.84 Å². The summed E-state index contributed by atoms with van der Waals surface area (Å²) >= 11 is 1.73. The van der Waals surface area contributed by atoms with Crippen molar-refractivity contribution in [2.45, 2.75) is 24.4 Å². The smallest absolute Gasteiger partial charge is 0.227 e. The zero-order chi connectivity index (χ0) is 13.5. The van der Waals surface area contributed by atoms with Gasteiger partial charge in [0.2, 0.25) is 5.95 Å². The average Bonchev–Trinajstić information content (AvgIpc) is 2.81. The predicted octanol–water partition coefficient (Wildman–Crippen LogP) is 0.906. The van der Waals surface area contributed by atoms with Crippen LogP contribution in [0, 0.1) is 0 Å². The Morgan fingerprint density at radius 3 is 2.74 bits per heavy atom. The number of thioether (sulfide) groups is 1. The van der Waals surface area contributed by atoms with Gasteiger partial charge < -0.3 is 14.7 Å². The molecule has 1 N–H and O–H groups in total. The van der Waals surface area contributed by atoms with Crippen molar-refractivity contribution in [3.8, 4) is 0 Å². The summed E-state index contributed by atoms with van der Waals surface area (Å²) in [7, 11) is 2.01. The normalized spacial score (nSPS) is 16.0. The van der Waals surface area contributed by atoms with Crippen molar-refractivity contribution >= 4 is 17.7 Å². The van der Waals surface area contributed by atoms with Crippen LogP contribution in [0.3, 0.4) is 0 Å². The van der Waals surface area contributed by atoms with Gasteiger partial charge in [-0.25, -0.2) is 0 Å². The van der Waals surface area contributed by atoms with E-state index in [0.717, 1.165) is 62.4 Å². The topological polar surface area (TPSA) is 63.4 Å². The minimum Gasteiger partial charge on any atom is -0.396 e. The van der Waals surface area contributed by atoms with E-state index in [1.165, 1.54) is 0 Å². The van der Waals surface area contributed by atoms with Crippen LogP contribution in [-0.2, 0) is 11.8 Å². The summed E-state index contributed by atoms with van der Waals surface area (Å²) in [6, 6.07) is 0. The molecule has 1 aromatic heterocycles. The first kappa shape index (κ1) is 14.6. The highest BCUT2D eigenvalue weighted by molar-refractivity contribution is 7.99. The van der Waals surface area contributed by atoms with Crippen LogP contribution in [0.25, 0.3) is 0 Å². The van der Waals surface area contributed by atoms with Crippen LogP contribution in [0.2, 0.25) is 0 Å². The molecule has 0 atom stereocenters. The molecule has 1 aliphatic heterocycles. The molecule has 1 aliphatic rings. The Morgan fingerprint density at radius 2 is 2.00 bits per heavy atom. The number of aliphatic hydroxyl groups is 1. The largest absolute Gasteiger partial charge is 0.396 e. The minimum atomic E-state index is 0.288. The van der Waals surface area contributed by atoms with E-state index in [1.54, 1.807) is 11.8 Å². The van der Waals surface area contributed by atoms with Gasteiger partial charge in [0.25, 0.3) is 0 Å². The van der Waals surface area contributed by atoms with Gasteiger partial charge in [0.05, 0.1) is 13.2 Å². The lowest BCUT2D eigenvalue weighted by atomic mass is 10.3. The van der Waals surface area contributed by atoms with E-state index in [4.69, 9.17) is 9.84 Å². The number of ether oxygens (including phenoxy) is 1. The van der Waals surface area contributed by atoms with E-state index in [1.807, 2.05) is 7.05 Å².